The zero-order chi connectivity index (χ0) is 22.4. The highest BCUT2D eigenvalue weighted by Gasteiger charge is 2.27. The van der Waals surface area contributed by atoms with Crippen molar-refractivity contribution in [2.45, 2.75) is 24.4 Å². The van der Waals surface area contributed by atoms with Crippen molar-refractivity contribution in [1.82, 2.24) is 9.62 Å². The standard InChI is InChI=1S/C23H22BrFN2O3S/c1-17(19-8-5-9-20(24)14-19)26-23(28)16-27(15-18-6-3-2-4-7-18)31(29,30)22-12-10-21(25)11-13-22/h2-14,17H,15-16H2,1H3,(H,26,28)/t17-/m1/s1. The molecule has 0 saturated heterocycles. The number of nitrogens with zero attached hydrogens (tertiary/aromatic N) is 1. The molecule has 31 heavy (non-hydrogen) atoms. The molecule has 162 valence electrons. The quantitative estimate of drug-likeness (QED) is 0.485. The third-order valence-corrected chi connectivity index (χ3v) is 7.00. The molecule has 8 heteroatoms. The SMILES string of the molecule is C[C@@H](NC(=O)CN(Cc1ccccc1)S(=O)(=O)c1ccc(F)cc1)c1cccc(Br)c1. The lowest BCUT2D eigenvalue weighted by atomic mass is 10.1. The van der Waals surface area contributed by atoms with Crippen LogP contribution in [-0.2, 0) is 21.4 Å². The van der Waals surface area contributed by atoms with Crippen LogP contribution in [0.15, 0.2) is 88.2 Å². The van der Waals surface area contributed by atoms with Gasteiger partial charge in [0.05, 0.1) is 17.5 Å². The van der Waals surface area contributed by atoms with Gasteiger partial charge in [-0.2, -0.15) is 4.31 Å². The van der Waals surface area contributed by atoms with E-state index in [-0.39, 0.29) is 24.0 Å². The van der Waals surface area contributed by atoms with Crippen LogP contribution in [0.3, 0.4) is 0 Å². The maximum atomic E-state index is 13.3. The first-order chi connectivity index (χ1) is 14.8. The maximum absolute atomic E-state index is 13.3. The number of benzene rings is 3. The largest absolute Gasteiger partial charge is 0.348 e. The van der Waals surface area contributed by atoms with Crippen molar-refractivity contribution in [2.75, 3.05) is 6.54 Å². The van der Waals surface area contributed by atoms with Gasteiger partial charge in [-0.15, -0.1) is 0 Å². The number of nitrogens with one attached hydrogen (secondary N) is 1. The van der Waals surface area contributed by atoms with Crippen LogP contribution < -0.4 is 5.32 Å². The molecular formula is C23H22BrFN2O3S. The summed E-state index contributed by atoms with van der Waals surface area (Å²) in [7, 11) is -4.02. The Labute approximate surface area is 190 Å². The molecule has 0 aliphatic rings. The monoisotopic (exact) mass is 504 g/mol. The highest BCUT2D eigenvalue weighted by atomic mass is 79.9. The molecule has 1 atom stereocenters. The molecule has 0 aliphatic carbocycles. The van der Waals surface area contributed by atoms with Gasteiger partial charge in [0.1, 0.15) is 5.82 Å². The van der Waals surface area contributed by atoms with Gasteiger partial charge in [0.25, 0.3) is 0 Å². The zero-order valence-electron chi connectivity index (χ0n) is 16.8. The Morgan fingerprint density at radius 1 is 1.03 bits per heavy atom. The van der Waals surface area contributed by atoms with E-state index in [2.05, 4.69) is 21.2 Å². The number of carbonyl (C=O) groups excluding carboxylic acids is 1. The maximum Gasteiger partial charge on any atom is 0.243 e. The lowest BCUT2D eigenvalue weighted by Gasteiger charge is -2.23. The second-order valence-corrected chi connectivity index (χ2v) is 9.91. The van der Waals surface area contributed by atoms with Crippen LogP contribution >= 0.6 is 15.9 Å². The van der Waals surface area contributed by atoms with Crippen molar-refractivity contribution in [3.63, 3.8) is 0 Å². The smallest absolute Gasteiger partial charge is 0.243 e. The van der Waals surface area contributed by atoms with Crippen molar-refractivity contribution >= 4 is 31.9 Å². The fraction of sp³-hybridized carbons (Fsp3) is 0.174. The summed E-state index contributed by atoms with van der Waals surface area (Å²) in [6.07, 6.45) is 0. The summed E-state index contributed by atoms with van der Waals surface area (Å²) in [5, 5.41) is 2.85. The van der Waals surface area contributed by atoms with Crippen molar-refractivity contribution < 1.29 is 17.6 Å². The van der Waals surface area contributed by atoms with Crippen LogP contribution in [0.5, 0.6) is 0 Å². The second kappa shape index (κ2) is 10.2. The van der Waals surface area contributed by atoms with Crippen LogP contribution in [0.2, 0.25) is 0 Å². The predicted octanol–water partition coefficient (Wildman–Crippen LogP) is 4.66. The van der Waals surface area contributed by atoms with Crippen molar-refractivity contribution in [2.24, 2.45) is 0 Å². The average Bonchev–Trinajstić information content (AvgIpc) is 2.74. The van der Waals surface area contributed by atoms with Gasteiger partial charge in [0.2, 0.25) is 15.9 Å². The molecule has 3 aromatic rings. The molecule has 0 radical (unpaired) electrons. The fourth-order valence-corrected chi connectivity index (χ4v) is 4.88. The van der Waals surface area contributed by atoms with Gasteiger partial charge in [0, 0.05) is 11.0 Å². The zero-order valence-corrected chi connectivity index (χ0v) is 19.2. The molecule has 0 bridgehead atoms. The Bertz CT molecular complexity index is 1140. The minimum Gasteiger partial charge on any atom is -0.348 e. The minimum absolute atomic E-state index is 0.0131. The molecule has 0 saturated carbocycles. The lowest BCUT2D eigenvalue weighted by Crippen LogP contribution is -2.41. The van der Waals surface area contributed by atoms with E-state index in [9.17, 15) is 17.6 Å². The minimum atomic E-state index is -4.02. The normalized spacial score (nSPS) is 12.5. The topological polar surface area (TPSA) is 66.5 Å². The van der Waals surface area contributed by atoms with Crippen LogP contribution in [0.25, 0.3) is 0 Å². The first-order valence-corrected chi connectivity index (χ1v) is 11.8. The number of sulfonamides is 1. The Balaban J connectivity index is 1.82. The summed E-state index contributed by atoms with van der Waals surface area (Å²) in [4.78, 5) is 12.7. The molecule has 0 spiro atoms. The first kappa shape index (κ1) is 23.1. The fourth-order valence-electron chi connectivity index (χ4n) is 3.08. The van der Waals surface area contributed by atoms with Crippen molar-refractivity contribution in [3.8, 4) is 0 Å². The summed E-state index contributed by atoms with van der Waals surface area (Å²) in [6.45, 7) is 1.47. The van der Waals surface area contributed by atoms with E-state index in [0.717, 1.165) is 32.0 Å². The molecule has 1 amide bonds. The molecule has 3 aromatic carbocycles. The van der Waals surface area contributed by atoms with E-state index >= 15 is 0 Å². The number of hydrogen-bond acceptors (Lipinski definition) is 3. The number of halogens is 2. The van der Waals surface area contributed by atoms with Crippen LogP contribution in [-0.4, -0.2) is 25.2 Å². The highest BCUT2D eigenvalue weighted by molar-refractivity contribution is 9.10. The summed E-state index contributed by atoms with van der Waals surface area (Å²) in [5.41, 5.74) is 1.62. The molecule has 0 heterocycles. The number of amides is 1. The van der Waals surface area contributed by atoms with Gasteiger partial charge in [-0.25, -0.2) is 12.8 Å². The average molecular weight is 505 g/mol. The summed E-state index contributed by atoms with van der Waals surface area (Å²) in [6, 6.07) is 20.8. The third-order valence-electron chi connectivity index (χ3n) is 4.70. The van der Waals surface area contributed by atoms with Crippen LogP contribution in [0.1, 0.15) is 24.1 Å². The number of carbonyl (C=O) groups is 1. The van der Waals surface area contributed by atoms with Crippen LogP contribution in [0, 0.1) is 5.82 Å². The Morgan fingerprint density at radius 2 is 1.71 bits per heavy atom. The van der Waals surface area contributed by atoms with E-state index in [0.29, 0.717) is 0 Å². The second-order valence-electron chi connectivity index (χ2n) is 7.06. The molecule has 0 aromatic heterocycles. The molecule has 1 N–H and O–H groups in total. The third kappa shape index (κ3) is 6.22. The van der Waals surface area contributed by atoms with Gasteiger partial charge < -0.3 is 5.32 Å². The lowest BCUT2D eigenvalue weighted by molar-refractivity contribution is -0.122. The van der Waals surface area contributed by atoms with Crippen LogP contribution in [0.4, 0.5) is 4.39 Å². The van der Waals surface area contributed by atoms with Gasteiger partial charge in [0.15, 0.2) is 0 Å². The van der Waals surface area contributed by atoms with E-state index in [4.69, 9.17) is 0 Å². The highest BCUT2D eigenvalue weighted by Crippen LogP contribution is 2.20. The number of rotatable bonds is 8. The summed E-state index contributed by atoms with van der Waals surface area (Å²) in [5.74, 6) is -0.969. The molecule has 0 unspecified atom stereocenters. The van der Waals surface area contributed by atoms with Crippen molar-refractivity contribution in [1.29, 1.82) is 0 Å². The molecule has 5 nitrogen and oxygen atoms in total. The summed E-state index contributed by atoms with van der Waals surface area (Å²) < 4.78 is 41.7. The molecular weight excluding hydrogens is 483 g/mol. The van der Waals surface area contributed by atoms with E-state index in [1.807, 2.05) is 37.3 Å². The molecule has 0 aliphatic heterocycles. The Kier molecular flexibility index (Phi) is 7.59. The number of hydrogen-bond donors (Lipinski definition) is 1. The van der Waals surface area contributed by atoms with Gasteiger partial charge >= 0.3 is 0 Å². The van der Waals surface area contributed by atoms with Crippen molar-refractivity contribution in [3.05, 3.63) is 100 Å². The first-order valence-electron chi connectivity index (χ1n) is 9.60. The van der Waals surface area contributed by atoms with Gasteiger partial charge in [-0.1, -0.05) is 58.4 Å². The van der Waals surface area contributed by atoms with E-state index in [1.54, 1.807) is 24.3 Å². The summed E-state index contributed by atoms with van der Waals surface area (Å²) >= 11 is 3.40. The Morgan fingerprint density at radius 3 is 2.35 bits per heavy atom. The van der Waals surface area contributed by atoms with Gasteiger partial charge in [-0.05, 0) is 54.4 Å². The van der Waals surface area contributed by atoms with E-state index < -0.39 is 21.7 Å². The van der Waals surface area contributed by atoms with E-state index in [1.165, 1.54) is 12.1 Å². The molecule has 3 rings (SSSR count). The predicted molar refractivity (Wildman–Crippen MR) is 121 cm³/mol. The molecule has 0 fully saturated rings. The Hall–Kier alpha value is -2.55. The van der Waals surface area contributed by atoms with Gasteiger partial charge in [-0.3, -0.25) is 4.79 Å².